The van der Waals surface area contributed by atoms with E-state index in [4.69, 9.17) is 5.21 Å². The lowest BCUT2D eigenvalue weighted by Crippen LogP contribution is -1.98. The summed E-state index contributed by atoms with van der Waals surface area (Å²) in [5.41, 5.74) is 0. The van der Waals surface area contributed by atoms with E-state index in [1.54, 1.807) is 18.2 Å². The van der Waals surface area contributed by atoms with Gasteiger partial charge in [0, 0.05) is 5.39 Å². The van der Waals surface area contributed by atoms with Gasteiger partial charge in [0.05, 0.1) is 4.90 Å². The lowest BCUT2D eigenvalue weighted by atomic mass is 10.1. The summed E-state index contributed by atoms with van der Waals surface area (Å²) in [6.07, 6.45) is 0. The zero-order valence-corrected chi connectivity index (χ0v) is 8.52. The molecule has 1 unspecified atom stereocenters. The topological polar surface area (TPSA) is 69.9 Å². The normalized spacial score (nSPS) is 14.8. The fraction of sp³-hybridized carbons (Fsp3) is 0. The SMILES string of the molecule is O=S(O)(=NO)c1cccc2ccccc12. The third kappa shape index (κ3) is 1.72. The summed E-state index contributed by atoms with van der Waals surface area (Å²) in [6.45, 7) is 0. The Morgan fingerprint density at radius 3 is 2.47 bits per heavy atom. The maximum Gasteiger partial charge on any atom is 0.217 e. The van der Waals surface area contributed by atoms with Crippen LogP contribution in [0.5, 0.6) is 0 Å². The molecule has 0 radical (unpaired) electrons. The third-order valence-electron chi connectivity index (χ3n) is 2.15. The Morgan fingerprint density at radius 1 is 1.07 bits per heavy atom. The van der Waals surface area contributed by atoms with Crippen molar-refractivity contribution in [3.8, 4) is 0 Å². The van der Waals surface area contributed by atoms with E-state index >= 15 is 0 Å². The van der Waals surface area contributed by atoms with Crippen LogP contribution in [0, 0.1) is 0 Å². The van der Waals surface area contributed by atoms with E-state index in [0.717, 1.165) is 5.39 Å². The first-order valence-corrected chi connectivity index (χ1v) is 5.73. The highest BCUT2D eigenvalue weighted by atomic mass is 32.2. The molecule has 0 spiro atoms. The van der Waals surface area contributed by atoms with Crippen molar-refractivity contribution in [3.63, 3.8) is 0 Å². The van der Waals surface area contributed by atoms with Gasteiger partial charge in [-0.25, -0.2) is 4.21 Å². The van der Waals surface area contributed by atoms with Crippen LogP contribution in [0.2, 0.25) is 0 Å². The van der Waals surface area contributed by atoms with Crippen LogP contribution in [0.15, 0.2) is 51.9 Å². The first kappa shape index (κ1) is 10.1. The van der Waals surface area contributed by atoms with Gasteiger partial charge >= 0.3 is 0 Å². The van der Waals surface area contributed by atoms with Crippen LogP contribution in [-0.4, -0.2) is 14.0 Å². The molecule has 0 heterocycles. The molecule has 2 rings (SSSR count). The maximum absolute atomic E-state index is 11.5. The first-order valence-electron chi connectivity index (χ1n) is 4.26. The van der Waals surface area contributed by atoms with Gasteiger partial charge in [0.25, 0.3) is 0 Å². The summed E-state index contributed by atoms with van der Waals surface area (Å²) in [5, 5.41) is 9.96. The van der Waals surface area contributed by atoms with Crippen molar-refractivity contribution in [2.45, 2.75) is 4.90 Å². The van der Waals surface area contributed by atoms with Crippen LogP contribution in [0.3, 0.4) is 0 Å². The standard InChI is InChI=1S/C10H9NO3S/c12-11-15(13,14)10-7-3-5-8-4-1-2-6-9(8)10/h1-7,12H,(H,11,13,14). The number of hydrogen-bond donors (Lipinski definition) is 2. The van der Waals surface area contributed by atoms with Crippen LogP contribution >= 0.6 is 0 Å². The number of nitrogens with zero attached hydrogens (tertiary/aromatic N) is 1. The van der Waals surface area contributed by atoms with Crippen LogP contribution in [0.4, 0.5) is 0 Å². The Balaban J connectivity index is 2.90. The van der Waals surface area contributed by atoms with Gasteiger partial charge in [-0.3, -0.25) is 9.76 Å². The minimum Gasteiger partial charge on any atom is -0.295 e. The summed E-state index contributed by atoms with van der Waals surface area (Å²) in [7, 11) is -3.69. The molecule has 0 saturated heterocycles. The molecule has 0 fully saturated rings. The van der Waals surface area contributed by atoms with Crippen molar-refractivity contribution >= 4 is 20.8 Å². The number of fused-ring (bicyclic) bond motifs is 1. The smallest absolute Gasteiger partial charge is 0.217 e. The van der Waals surface area contributed by atoms with Gasteiger partial charge in [-0.15, -0.1) is 0 Å². The van der Waals surface area contributed by atoms with Crippen LogP contribution in [0.1, 0.15) is 0 Å². The number of hydrogen-bond acceptors (Lipinski definition) is 2. The van der Waals surface area contributed by atoms with E-state index in [2.05, 4.69) is 4.53 Å². The minimum absolute atomic E-state index is 0.128. The van der Waals surface area contributed by atoms with Crippen molar-refractivity contribution in [1.29, 1.82) is 0 Å². The Morgan fingerprint density at radius 2 is 1.73 bits per heavy atom. The molecule has 0 amide bonds. The molecule has 0 saturated carbocycles. The van der Waals surface area contributed by atoms with Crippen molar-refractivity contribution < 1.29 is 14.0 Å². The molecule has 0 aliphatic rings. The maximum atomic E-state index is 11.5. The Bertz CT molecular complexity index is 610. The molecule has 2 aromatic rings. The highest BCUT2D eigenvalue weighted by Crippen LogP contribution is 2.23. The molecule has 2 aromatic carbocycles. The van der Waals surface area contributed by atoms with Gasteiger partial charge in [0.1, 0.15) is 0 Å². The molecular formula is C10H9NO3S. The second kappa shape index (κ2) is 3.62. The molecule has 4 nitrogen and oxygen atoms in total. The van der Waals surface area contributed by atoms with E-state index in [1.807, 2.05) is 18.2 Å². The molecule has 0 aliphatic heterocycles. The molecule has 5 heteroatoms. The van der Waals surface area contributed by atoms with Crippen LogP contribution < -0.4 is 0 Å². The predicted octanol–water partition coefficient (Wildman–Crippen LogP) is 2.53. The highest BCUT2D eigenvalue weighted by molar-refractivity contribution is 7.88. The van der Waals surface area contributed by atoms with Gasteiger partial charge in [0.15, 0.2) is 0 Å². The quantitative estimate of drug-likeness (QED) is 0.730. The Hall–Kier alpha value is -1.43. The molecule has 0 bridgehead atoms. The summed E-state index contributed by atoms with van der Waals surface area (Å²) < 4.78 is 23.4. The number of benzene rings is 2. The van der Waals surface area contributed by atoms with Gasteiger partial charge in [-0.05, 0) is 11.5 Å². The zero-order chi connectivity index (χ0) is 10.9. The van der Waals surface area contributed by atoms with Crippen LogP contribution in [0.25, 0.3) is 10.8 Å². The molecule has 0 aromatic heterocycles. The summed E-state index contributed by atoms with van der Waals surface area (Å²) in [6, 6.07) is 12.1. The zero-order valence-electron chi connectivity index (χ0n) is 7.70. The second-order valence-corrected chi connectivity index (χ2v) is 4.65. The lowest BCUT2D eigenvalue weighted by Gasteiger charge is -2.04. The fourth-order valence-corrected chi connectivity index (χ4v) is 2.29. The predicted molar refractivity (Wildman–Crippen MR) is 57.2 cm³/mol. The second-order valence-electron chi connectivity index (χ2n) is 3.06. The fourth-order valence-electron chi connectivity index (χ4n) is 1.47. The van der Waals surface area contributed by atoms with Crippen molar-refractivity contribution in [3.05, 3.63) is 42.5 Å². The van der Waals surface area contributed by atoms with Gasteiger partial charge in [0.2, 0.25) is 10.0 Å². The molecule has 78 valence electrons. The Kier molecular flexibility index (Phi) is 2.44. The van der Waals surface area contributed by atoms with Gasteiger partial charge in [-0.1, -0.05) is 40.9 Å². The molecule has 0 aliphatic carbocycles. The van der Waals surface area contributed by atoms with E-state index < -0.39 is 10.0 Å². The summed E-state index contributed by atoms with van der Waals surface area (Å²) >= 11 is 0. The van der Waals surface area contributed by atoms with Gasteiger partial charge < -0.3 is 0 Å². The number of rotatable bonds is 1. The third-order valence-corrected chi connectivity index (χ3v) is 3.30. The monoisotopic (exact) mass is 223 g/mol. The van der Waals surface area contributed by atoms with E-state index in [9.17, 15) is 8.76 Å². The van der Waals surface area contributed by atoms with E-state index in [-0.39, 0.29) is 4.90 Å². The first-order chi connectivity index (χ1) is 7.15. The Labute approximate surface area is 87.1 Å². The molecule has 15 heavy (non-hydrogen) atoms. The van der Waals surface area contributed by atoms with Crippen LogP contribution in [-0.2, 0) is 10.0 Å². The molecule has 1 atom stereocenters. The van der Waals surface area contributed by atoms with Crippen molar-refractivity contribution in [2.75, 3.05) is 0 Å². The van der Waals surface area contributed by atoms with E-state index in [0.29, 0.717) is 5.39 Å². The summed E-state index contributed by atoms with van der Waals surface area (Å²) in [4.78, 5) is 0.128. The van der Waals surface area contributed by atoms with Gasteiger partial charge in [-0.2, -0.15) is 0 Å². The van der Waals surface area contributed by atoms with Crippen molar-refractivity contribution in [2.24, 2.45) is 4.53 Å². The highest BCUT2D eigenvalue weighted by Gasteiger charge is 2.11. The average Bonchev–Trinajstić information content (AvgIpc) is 2.28. The minimum atomic E-state index is -3.69. The summed E-state index contributed by atoms with van der Waals surface area (Å²) in [5.74, 6) is 0. The molecular weight excluding hydrogens is 214 g/mol. The average molecular weight is 223 g/mol. The lowest BCUT2D eigenvalue weighted by molar-refractivity contribution is 0.316. The largest absolute Gasteiger partial charge is 0.295 e. The van der Waals surface area contributed by atoms with Crippen molar-refractivity contribution in [1.82, 2.24) is 0 Å². The molecule has 2 N–H and O–H groups in total. The van der Waals surface area contributed by atoms with E-state index in [1.165, 1.54) is 6.07 Å².